The van der Waals surface area contributed by atoms with Gasteiger partial charge in [-0.25, -0.2) is 4.98 Å². The van der Waals surface area contributed by atoms with Crippen molar-refractivity contribution in [1.82, 2.24) is 9.88 Å². The van der Waals surface area contributed by atoms with Crippen molar-refractivity contribution in [3.63, 3.8) is 0 Å². The molecule has 0 amide bonds. The largest absolute Gasteiger partial charge is 0.361 e. The Morgan fingerprint density at radius 3 is 2.43 bits per heavy atom. The molecule has 30 heavy (non-hydrogen) atoms. The lowest BCUT2D eigenvalue weighted by Crippen LogP contribution is -2.31. The van der Waals surface area contributed by atoms with Gasteiger partial charge in [0.15, 0.2) is 0 Å². The van der Waals surface area contributed by atoms with Crippen LogP contribution in [0.1, 0.15) is 70.1 Å². The van der Waals surface area contributed by atoms with Gasteiger partial charge in [-0.3, -0.25) is 4.99 Å². The van der Waals surface area contributed by atoms with E-state index in [4.69, 9.17) is 0 Å². The lowest BCUT2D eigenvalue weighted by Gasteiger charge is -2.23. The summed E-state index contributed by atoms with van der Waals surface area (Å²) in [5, 5.41) is 1.19. The SMILES string of the molecule is CCCN(CCCCCc1cccnc1SCc1ccc(CC)cc1)C(C)=NCC. The van der Waals surface area contributed by atoms with Gasteiger partial charge in [0.2, 0.25) is 0 Å². The monoisotopic (exact) mass is 425 g/mol. The van der Waals surface area contributed by atoms with Crippen LogP contribution in [0.4, 0.5) is 0 Å². The van der Waals surface area contributed by atoms with E-state index in [1.165, 1.54) is 53.2 Å². The second kappa shape index (κ2) is 14.2. The van der Waals surface area contributed by atoms with Gasteiger partial charge < -0.3 is 4.90 Å². The average molecular weight is 426 g/mol. The highest BCUT2D eigenvalue weighted by Crippen LogP contribution is 2.25. The molecular weight excluding hydrogens is 386 g/mol. The molecule has 164 valence electrons. The standard InChI is InChI=1S/C26H39N3S/c1-5-19-29(22(4)27-7-3)20-10-8-9-12-25-13-11-18-28-26(25)30-21-24-16-14-23(6-2)15-17-24/h11,13-18H,5-10,12,19-21H2,1-4H3. The number of unbranched alkanes of at least 4 members (excludes halogenated alkanes) is 2. The first-order valence-electron chi connectivity index (χ1n) is 11.6. The minimum atomic E-state index is 0.871. The summed E-state index contributed by atoms with van der Waals surface area (Å²) in [7, 11) is 0. The van der Waals surface area contributed by atoms with Crippen molar-refractivity contribution in [2.75, 3.05) is 19.6 Å². The molecule has 0 aliphatic carbocycles. The Hall–Kier alpha value is -1.81. The maximum atomic E-state index is 4.66. The van der Waals surface area contributed by atoms with E-state index in [2.05, 4.69) is 79.0 Å². The van der Waals surface area contributed by atoms with Crippen LogP contribution in [0.5, 0.6) is 0 Å². The third-order valence-electron chi connectivity index (χ3n) is 5.37. The van der Waals surface area contributed by atoms with Crippen LogP contribution < -0.4 is 0 Å². The number of aryl methyl sites for hydroxylation is 2. The smallest absolute Gasteiger partial charge is 0.0995 e. The zero-order valence-electron chi connectivity index (χ0n) is 19.4. The Morgan fingerprint density at radius 1 is 0.967 bits per heavy atom. The zero-order valence-corrected chi connectivity index (χ0v) is 20.2. The summed E-state index contributed by atoms with van der Waals surface area (Å²) in [5.41, 5.74) is 4.16. The van der Waals surface area contributed by atoms with E-state index in [1.807, 2.05) is 18.0 Å². The number of thioether (sulfide) groups is 1. The third-order valence-corrected chi connectivity index (χ3v) is 6.49. The van der Waals surface area contributed by atoms with Crippen molar-refractivity contribution >= 4 is 17.6 Å². The van der Waals surface area contributed by atoms with E-state index in [1.54, 1.807) is 0 Å². The molecule has 0 bridgehead atoms. The van der Waals surface area contributed by atoms with Crippen LogP contribution >= 0.6 is 11.8 Å². The van der Waals surface area contributed by atoms with Gasteiger partial charge in [-0.1, -0.05) is 50.6 Å². The highest BCUT2D eigenvalue weighted by Gasteiger charge is 2.07. The molecule has 0 spiro atoms. The topological polar surface area (TPSA) is 28.5 Å². The molecular formula is C26H39N3S. The van der Waals surface area contributed by atoms with Crippen molar-refractivity contribution in [3.8, 4) is 0 Å². The summed E-state index contributed by atoms with van der Waals surface area (Å²) in [4.78, 5) is 11.7. The van der Waals surface area contributed by atoms with Gasteiger partial charge in [0, 0.05) is 31.6 Å². The van der Waals surface area contributed by atoms with Crippen molar-refractivity contribution in [2.24, 2.45) is 4.99 Å². The molecule has 0 aliphatic heterocycles. The van der Waals surface area contributed by atoms with E-state index in [9.17, 15) is 0 Å². The van der Waals surface area contributed by atoms with E-state index < -0.39 is 0 Å². The van der Waals surface area contributed by atoms with E-state index in [-0.39, 0.29) is 0 Å². The minimum absolute atomic E-state index is 0.871. The van der Waals surface area contributed by atoms with Gasteiger partial charge in [-0.2, -0.15) is 0 Å². The Balaban J connectivity index is 1.79. The maximum Gasteiger partial charge on any atom is 0.0995 e. The Morgan fingerprint density at radius 2 is 1.73 bits per heavy atom. The summed E-state index contributed by atoms with van der Waals surface area (Å²) in [6.45, 7) is 11.8. The Kier molecular flexibility index (Phi) is 11.6. The predicted octanol–water partition coefficient (Wildman–Crippen LogP) is 6.80. The van der Waals surface area contributed by atoms with Crippen LogP contribution in [0.3, 0.4) is 0 Å². The first-order valence-corrected chi connectivity index (χ1v) is 12.6. The fourth-order valence-corrected chi connectivity index (χ4v) is 4.58. The highest BCUT2D eigenvalue weighted by atomic mass is 32.2. The summed E-state index contributed by atoms with van der Waals surface area (Å²) < 4.78 is 0. The average Bonchev–Trinajstić information content (AvgIpc) is 2.78. The van der Waals surface area contributed by atoms with Crippen molar-refractivity contribution in [2.45, 2.75) is 77.0 Å². The molecule has 2 rings (SSSR count). The van der Waals surface area contributed by atoms with Crippen LogP contribution in [-0.4, -0.2) is 35.4 Å². The molecule has 1 aromatic carbocycles. The lowest BCUT2D eigenvalue weighted by atomic mass is 10.1. The van der Waals surface area contributed by atoms with Gasteiger partial charge in [0.1, 0.15) is 0 Å². The quantitative estimate of drug-likeness (QED) is 0.153. The molecule has 0 unspecified atom stereocenters. The van der Waals surface area contributed by atoms with Gasteiger partial charge in [-0.05, 0) is 68.7 Å². The molecule has 0 saturated heterocycles. The lowest BCUT2D eigenvalue weighted by molar-refractivity contribution is 0.397. The molecule has 0 N–H and O–H groups in total. The molecule has 0 radical (unpaired) electrons. The number of nitrogens with zero attached hydrogens (tertiary/aromatic N) is 3. The highest BCUT2D eigenvalue weighted by molar-refractivity contribution is 7.98. The van der Waals surface area contributed by atoms with Crippen molar-refractivity contribution < 1.29 is 0 Å². The minimum Gasteiger partial charge on any atom is -0.361 e. The van der Waals surface area contributed by atoms with Crippen molar-refractivity contribution in [3.05, 3.63) is 59.3 Å². The number of hydrogen-bond acceptors (Lipinski definition) is 3. The Labute approximate surface area is 188 Å². The molecule has 4 heteroatoms. The van der Waals surface area contributed by atoms with Crippen LogP contribution in [0.15, 0.2) is 52.6 Å². The molecule has 0 atom stereocenters. The summed E-state index contributed by atoms with van der Waals surface area (Å²) in [5.74, 6) is 2.17. The summed E-state index contributed by atoms with van der Waals surface area (Å²) >= 11 is 1.86. The van der Waals surface area contributed by atoms with E-state index in [0.717, 1.165) is 38.2 Å². The second-order valence-electron chi connectivity index (χ2n) is 7.75. The van der Waals surface area contributed by atoms with Crippen molar-refractivity contribution in [1.29, 1.82) is 0 Å². The normalized spacial score (nSPS) is 11.7. The molecule has 2 aromatic rings. The van der Waals surface area contributed by atoms with Gasteiger partial charge in [-0.15, -0.1) is 11.8 Å². The third kappa shape index (κ3) is 8.51. The molecule has 1 heterocycles. The number of hydrogen-bond donors (Lipinski definition) is 0. The predicted molar refractivity (Wildman–Crippen MR) is 133 cm³/mol. The van der Waals surface area contributed by atoms with Gasteiger partial charge in [0.25, 0.3) is 0 Å². The Bertz CT molecular complexity index is 755. The maximum absolute atomic E-state index is 4.66. The fourth-order valence-electron chi connectivity index (χ4n) is 3.60. The second-order valence-corrected chi connectivity index (χ2v) is 8.71. The molecule has 3 nitrogen and oxygen atoms in total. The zero-order chi connectivity index (χ0) is 21.6. The van der Waals surface area contributed by atoms with Crippen LogP contribution in [0.25, 0.3) is 0 Å². The molecule has 0 fully saturated rings. The fraction of sp³-hybridized carbons (Fsp3) is 0.538. The van der Waals surface area contributed by atoms with Crippen LogP contribution in [0.2, 0.25) is 0 Å². The number of aromatic nitrogens is 1. The number of benzene rings is 1. The van der Waals surface area contributed by atoms with E-state index >= 15 is 0 Å². The number of amidine groups is 1. The van der Waals surface area contributed by atoms with Crippen LogP contribution in [-0.2, 0) is 18.6 Å². The van der Waals surface area contributed by atoms with Gasteiger partial charge in [0.05, 0.1) is 10.9 Å². The van der Waals surface area contributed by atoms with Crippen LogP contribution in [0, 0.1) is 0 Å². The molecule has 0 saturated carbocycles. The number of pyridine rings is 1. The summed E-state index contributed by atoms with van der Waals surface area (Å²) in [6, 6.07) is 13.3. The number of rotatable bonds is 13. The summed E-state index contributed by atoms with van der Waals surface area (Å²) in [6.07, 6.45) is 8.99. The van der Waals surface area contributed by atoms with Gasteiger partial charge >= 0.3 is 0 Å². The molecule has 0 aliphatic rings. The molecule has 1 aromatic heterocycles. The first kappa shape index (κ1) is 24.5. The van der Waals surface area contributed by atoms with E-state index in [0.29, 0.717) is 0 Å². The number of aliphatic imine (C=N–C) groups is 1. The first-order chi connectivity index (χ1) is 14.7.